The third-order valence-electron chi connectivity index (χ3n) is 4.45. The highest BCUT2D eigenvalue weighted by Gasteiger charge is 2.14. The zero-order valence-corrected chi connectivity index (χ0v) is 16.2. The maximum Gasteiger partial charge on any atom is 0.261 e. The van der Waals surface area contributed by atoms with Gasteiger partial charge in [0.2, 0.25) is 0 Å². The van der Waals surface area contributed by atoms with Crippen molar-refractivity contribution < 1.29 is 4.79 Å². The second kappa shape index (κ2) is 8.81. The van der Waals surface area contributed by atoms with Crippen LogP contribution in [0.25, 0.3) is 0 Å². The highest BCUT2D eigenvalue weighted by atomic mass is 32.1. The molecule has 0 aliphatic rings. The Hall–Kier alpha value is -2.40. The van der Waals surface area contributed by atoms with Gasteiger partial charge in [-0.05, 0) is 35.6 Å². The van der Waals surface area contributed by atoms with Gasteiger partial charge in [-0.2, -0.15) is 0 Å². The van der Waals surface area contributed by atoms with Crippen LogP contribution in [-0.2, 0) is 25.9 Å². The fraction of sp³-hybridized carbons (Fsp3) is 0.333. The molecule has 1 amide bonds. The van der Waals surface area contributed by atoms with Gasteiger partial charge in [0.1, 0.15) is 0 Å². The Morgan fingerprint density at radius 2 is 2.00 bits per heavy atom. The number of hydrogen-bond acceptors (Lipinski definition) is 3. The molecule has 0 aliphatic heterocycles. The highest BCUT2D eigenvalue weighted by Crippen LogP contribution is 2.24. The lowest BCUT2D eigenvalue weighted by molar-refractivity contribution is 0.0955. The van der Waals surface area contributed by atoms with Gasteiger partial charge in [0.15, 0.2) is 0 Å². The van der Waals surface area contributed by atoms with E-state index in [1.165, 1.54) is 16.0 Å². The van der Waals surface area contributed by atoms with Crippen molar-refractivity contribution in [3.63, 3.8) is 0 Å². The molecule has 0 atom stereocenters. The van der Waals surface area contributed by atoms with Gasteiger partial charge in [-0.15, -0.1) is 11.3 Å². The summed E-state index contributed by atoms with van der Waals surface area (Å²) in [6.07, 6.45) is 8.67. The summed E-state index contributed by atoms with van der Waals surface area (Å²) < 4.78 is 2.03. The van der Waals surface area contributed by atoms with Crippen molar-refractivity contribution >= 4 is 17.2 Å². The van der Waals surface area contributed by atoms with Gasteiger partial charge in [0.25, 0.3) is 5.91 Å². The summed E-state index contributed by atoms with van der Waals surface area (Å²) in [5.74, 6) is 0.0180. The number of imidazole rings is 1. The Morgan fingerprint density at radius 3 is 2.69 bits per heavy atom. The van der Waals surface area contributed by atoms with Crippen molar-refractivity contribution in [1.29, 1.82) is 0 Å². The molecule has 0 spiro atoms. The number of nitrogens with one attached hydrogen (secondary N) is 1. The molecule has 4 nitrogen and oxygen atoms in total. The number of nitrogens with zero attached hydrogens (tertiary/aromatic N) is 2. The minimum atomic E-state index is 0.0180. The first kappa shape index (κ1) is 18.4. The molecule has 0 bridgehead atoms. The van der Waals surface area contributed by atoms with E-state index in [1.54, 1.807) is 17.5 Å². The number of carbonyl (C=O) groups is 1. The predicted molar refractivity (Wildman–Crippen MR) is 107 cm³/mol. The van der Waals surface area contributed by atoms with E-state index in [0.717, 1.165) is 36.2 Å². The molecule has 2 aromatic heterocycles. The van der Waals surface area contributed by atoms with Crippen molar-refractivity contribution in [2.75, 3.05) is 0 Å². The topological polar surface area (TPSA) is 46.9 Å². The number of thiophene rings is 1. The van der Waals surface area contributed by atoms with Crippen LogP contribution in [0, 0.1) is 0 Å². The second-order valence-electron chi connectivity index (χ2n) is 6.35. The molecular formula is C21H25N3OS. The lowest BCUT2D eigenvalue weighted by Crippen LogP contribution is -2.22. The van der Waals surface area contributed by atoms with E-state index in [2.05, 4.69) is 42.3 Å². The Morgan fingerprint density at radius 1 is 1.19 bits per heavy atom. The molecule has 3 rings (SSSR count). The van der Waals surface area contributed by atoms with Gasteiger partial charge in [0.05, 0.1) is 11.2 Å². The summed E-state index contributed by atoms with van der Waals surface area (Å²) in [5.41, 5.74) is 3.64. The molecule has 26 heavy (non-hydrogen) atoms. The second-order valence-corrected chi connectivity index (χ2v) is 7.49. The predicted octanol–water partition coefficient (Wildman–Crippen LogP) is 4.44. The van der Waals surface area contributed by atoms with Crippen LogP contribution in [0.4, 0.5) is 0 Å². The summed E-state index contributed by atoms with van der Waals surface area (Å²) in [7, 11) is 0. The molecule has 5 heteroatoms. The quantitative estimate of drug-likeness (QED) is 0.640. The van der Waals surface area contributed by atoms with Crippen LogP contribution in [0.15, 0.2) is 49.1 Å². The van der Waals surface area contributed by atoms with Crippen LogP contribution >= 0.6 is 11.3 Å². The van der Waals surface area contributed by atoms with E-state index in [-0.39, 0.29) is 5.91 Å². The SMILES string of the molecule is CCCc1sc(C(=O)NCc2ccccc2Cn2ccnc2)cc1CC. The molecule has 0 radical (unpaired) electrons. The average molecular weight is 368 g/mol. The third kappa shape index (κ3) is 4.41. The van der Waals surface area contributed by atoms with Crippen LogP contribution in [-0.4, -0.2) is 15.5 Å². The van der Waals surface area contributed by atoms with Gasteiger partial charge in [-0.1, -0.05) is 44.5 Å². The zero-order valence-electron chi connectivity index (χ0n) is 15.4. The molecule has 1 aromatic carbocycles. The molecule has 2 heterocycles. The normalized spacial score (nSPS) is 10.8. The van der Waals surface area contributed by atoms with E-state index < -0.39 is 0 Å². The molecule has 0 aliphatic carbocycles. The van der Waals surface area contributed by atoms with Crippen LogP contribution in [0.3, 0.4) is 0 Å². The standard InChI is InChI=1S/C21H25N3OS/c1-3-7-19-16(4-2)12-20(26-19)21(25)23-13-17-8-5-6-9-18(17)14-24-11-10-22-15-24/h5-6,8-12,15H,3-4,7,13-14H2,1-2H3,(H,23,25). The molecular weight excluding hydrogens is 342 g/mol. The van der Waals surface area contributed by atoms with E-state index in [9.17, 15) is 4.79 Å². The van der Waals surface area contributed by atoms with Crippen LogP contribution in [0.2, 0.25) is 0 Å². The first-order valence-corrected chi connectivity index (χ1v) is 9.95. The number of rotatable bonds is 8. The van der Waals surface area contributed by atoms with Gasteiger partial charge < -0.3 is 9.88 Å². The molecule has 0 saturated heterocycles. The molecule has 136 valence electrons. The van der Waals surface area contributed by atoms with Crippen LogP contribution < -0.4 is 5.32 Å². The Bertz CT molecular complexity index is 852. The van der Waals surface area contributed by atoms with Gasteiger partial charge in [0, 0.05) is 30.4 Å². The number of aromatic nitrogens is 2. The van der Waals surface area contributed by atoms with Gasteiger partial charge in [-0.3, -0.25) is 4.79 Å². The van der Waals surface area contributed by atoms with E-state index in [1.807, 2.05) is 29.2 Å². The number of benzene rings is 1. The summed E-state index contributed by atoms with van der Waals surface area (Å²) >= 11 is 1.64. The van der Waals surface area contributed by atoms with E-state index in [0.29, 0.717) is 6.54 Å². The minimum Gasteiger partial charge on any atom is -0.347 e. The first-order valence-electron chi connectivity index (χ1n) is 9.13. The molecule has 0 fully saturated rings. The summed E-state index contributed by atoms with van der Waals surface area (Å²) in [5, 5.41) is 3.09. The van der Waals surface area contributed by atoms with Crippen LogP contribution in [0.1, 0.15) is 51.5 Å². The molecule has 0 unspecified atom stereocenters. The minimum absolute atomic E-state index is 0.0180. The maximum atomic E-state index is 12.6. The Kier molecular flexibility index (Phi) is 6.23. The van der Waals surface area contributed by atoms with Crippen LogP contribution in [0.5, 0.6) is 0 Å². The fourth-order valence-electron chi connectivity index (χ4n) is 3.04. The van der Waals surface area contributed by atoms with E-state index in [4.69, 9.17) is 0 Å². The molecule has 1 N–H and O–H groups in total. The van der Waals surface area contributed by atoms with Crippen molar-refractivity contribution in [2.45, 2.75) is 46.2 Å². The van der Waals surface area contributed by atoms with Crippen molar-refractivity contribution in [3.8, 4) is 0 Å². The fourth-order valence-corrected chi connectivity index (χ4v) is 4.31. The number of aryl methyl sites for hydroxylation is 2. The van der Waals surface area contributed by atoms with E-state index >= 15 is 0 Å². The zero-order chi connectivity index (χ0) is 18.4. The summed E-state index contributed by atoms with van der Waals surface area (Å²) in [6.45, 7) is 5.61. The maximum absolute atomic E-state index is 12.6. The Labute approximate surface area is 158 Å². The lowest BCUT2D eigenvalue weighted by Gasteiger charge is -2.11. The monoisotopic (exact) mass is 367 g/mol. The van der Waals surface area contributed by atoms with Gasteiger partial charge >= 0.3 is 0 Å². The lowest BCUT2D eigenvalue weighted by atomic mass is 10.1. The Balaban J connectivity index is 1.68. The third-order valence-corrected chi connectivity index (χ3v) is 5.68. The summed E-state index contributed by atoms with van der Waals surface area (Å²) in [4.78, 5) is 18.9. The largest absolute Gasteiger partial charge is 0.347 e. The van der Waals surface area contributed by atoms with Crippen molar-refractivity contribution in [1.82, 2.24) is 14.9 Å². The van der Waals surface area contributed by atoms with Gasteiger partial charge in [-0.25, -0.2) is 4.98 Å². The molecule has 0 saturated carbocycles. The highest BCUT2D eigenvalue weighted by molar-refractivity contribution is 7.14. The smallest absolute Gasteiger partial charge is 0.261 e. The average Bonchev–Trinajstić information content (AvgIpc) is 3.31. The van der Waals surface area contributed by atoms with Crippen molar-refractivity contribution in [2.24, 2.45) is 0 Å². The number of carbonyl (C=O) groups excluding carboxylic acids is 1. The summed E-state index contributed by atoms with van der Waals surface area (Å²) in [6, 6.07) is 10.3. The molecule has 3 aromatic rings. The first-order chi connectivity index (χ1) is 12.7. The van der Waals surface area contributed by atoms with Crippen molar-refractivity contribution in [3.05, 3.63) is 75.5 Å². The number of amides is 1. The number of hydrogen-bond donors (Lipinski definition) is 1.